The Morgan fingerprint density at radius 2 is 1.63 bits per heavy atom. The highest BCUT2D eigenvalue weighted by molar-refractivity contribution is 7.92. The van der Waals surface area contributed by atoms with Gasteiger partial charge in [0.05, 0.1) is 20.6 Å². The highest BCUT2D eigenvalue weighted by Gasteiger charge is 2.33. The molecule has 7 nitrogen and oxygen atoms in total. The van der Waals surface area contributed by atoms with E-state index in [1.165, 1.54) is 23.1 Å². The number of nitrogens with one attached hydrogen (secondary N) is 1. The van der Waals surface area contributed by atoms with Crippen molar-refractivity contribution in [1.82, 2.24) is 10.2 Å². The van der Waals surface area contributed by atoms with E-state index in [9.17, 15) is 18.0 Å². The van der Waals surface area contributed by atoms with Crippen LogP contribution in [0.1, 0.15) is 25.0 Å². The van der Waals surface area contributed by atoms with Crippen LogP contribution >= 0.6 is 34.8 Å². The molecule has 3 aromatic carbocycles. The molecular formula is C27H28Cl3N3O4S. The van der Waals surface area contributed by atoms with Gasteiger partial charge >= 0.3 is 0 Å². The van der Waals surface area contributed by atoms with Gasteiger partial charge in [0, 0.05) is 18.1 Å². The van der Waals surface area contributed by atoms with Gasteiger partial charge in [0.25, 0.3) is 10.0 Å². The van der Waals surface area contributed by atoms with Crippen molar-refractivity contribution in [2.75, 3.05) is 17.4 Å². The maximum atomic E-state index is 13.9. The molecule has 0 saturated heterocycles. The third-order valence-corrected chi connectivity index (χ3v) is 8.65. The fourth-order valence-corrected chi connectivity index (χ4v) is 5.80. The van der Waals surface area contributed by atoms with Gasteiger partial charge in [-0.2, -0.15) is 0 Å². The molecule has 3 rings (SSSR count). The predicted molar refractivity (Wildman–Crippen MR) is 152 cm³/mol. The van der Waals surface area contributed by atoms with Gasteiger partial charge in [0.15, 0.2) is 0 Å². The van der Waals surface area contributed by atoms with Gasteiger partial charge in [-0.3, -0.25) is 13.9 Å². The summed E-state index contributed by atoms with van der Waals surface area (Å²) in [6.07, 6.45) is 0. The van der Waals surface area contributed by atoms with Gasteiger partial charge in [0.1, 0.15) is 12.6 Å². The number of aryl methyl sites for hydroxylation is 1. The highest BCUT2D eigenvalue weighted by atomic mass is 35.5. The predicted octanol–water partition coefficient (Wildman–Crippen LogP) is 5.70. The van der Waals surface area contributed by atoms with Crippen LogP contribution in [-0.4, -0.2) is 44.3 Å². The van der Waals surface area contributed by atoms with Crippen molar-refractivity contribution in [3.63, 3.8) is 0 Å². The Hall–Kier alpha value is -2.78. The topological polar surface area (TPSA) is 86.8 Å². The summed E-state index contributed by atoms with van der Waals surface area (Å²) in [4.78, 5) is 28.0. The number of amides is 2. The number of anilines is 1. The second kappa shape index (κ2) is 12.8. The Balaban J connectivity index is 2.07. The number of likely N-dealkylation sites (N-methyl/N-ethyl adjacent to an activating group) is 1. The van der Waals surface area contributed by atoms with Crippen molar-refractivity contribution >= 4 is 62.3 Å². The van der Waals surface area contributed by atoms with Gasteiger partial charge in [-0.1, -0.05) is 65.1 Å². The van der Waals surface area contributed by atoms with E-state index in [4.69, 9.17) is 34.8 Å². The zero-order valence-electron chi connectivity index (χ0n) is 21.1. The average molecular weight is 597 g/mol. The van der Waals surface area contributed by atoms with Crippen LogP contribution < -0.4 is 9.62 Å². The zero-order chi connectivity index (χ0) is 28.0. The highest BCUT2D eigenvalue weighted by Crippen LogP contribution is 2.30. The molecular weight excluding hydrogens is 569 g/mol. The lowest BCUT2D eigenvalue weighted by atomic mass is 10.1. The quantitative estimate of drug-likeness (QED) is 0.325. The minimum atomic E-state index is -4.18. The number of halogens is 3. The molecule has 0 unspecified atom stereocenters. The lowest BCUT2D eigenvalue weighted by molar-refractivity contribution is -0.139. The number of rotatable bonds is 10. The van der Waals surface area contributed by atoms with Gasteiger partial charge in [-0.15, -0.1) is 0 Å². The summed E-state index contributed by atoms with van der Waals surface area (Å²) >= 11 is 18.4. The number of benzene rings is 3. The van der Waals surface area contributed by atoms with E-state index in [-0.39, 0.29) is 23.0 Å². The van der Waals surface area contributed by atoms with E-state index in [0.29, 0.717) is 32.7 Å². The van der Waals surface area contributed by atoms with Crippen molar-refractivity contribution < 1.29 is 18.0 Å². The summed E-state index contributed by atoms with van der Waals surface area (Å²) in [6, 6.07) is 16.6. The molecule has 0 aliphatic carbocycles. The molecule has 0 aromatic heterocycles. The number of hydrogen-bond acceptors (Lipinski definition) is 4. The second-order valence-electron chi connectivity index (χ2n) is 8.60. The average Bonchev–Trinajstić information content (AvgIpc) is 2.89. The molecule has 0 fully saturated rings. The van der Waals surface area contributed by atoms with E-state index in [1.807, 2.05) is 0 Å². The lowest BCUT2D eigenvalue weighted by Gasteiger charge is -2.32. The molecule has 3 aromatic rings. The molecule has 0 spiro atoms. The maximum absolute atomic E-state index is 13.9. The van der Waals surface area contributed by atoms with E-state index in [0.717, 1.165) is 4.31 Å². The largest absolute Gasteiger partial charge is 0.355 e. The monoisotopic (exact) mass is 595 g/mol. The van der Waals surface area contributed by atoms with Crippen molar-refractivity contribution in [2.45, 2.75) is 38.3 Å². The first-order valence-corrected chi connectivity index (χ1v) is 14.4. The molecule has 0 radical (unpaired) electrons. The van der Waals surface area contributed by atoms with Crippen molar-refractivity contribution in [3.8, 4) is 0 Å². The Kier molecular flexibility index (Phi) is 10.1. The molecule has 0 bridgehead atoms. The summed E-state index contributed by atoms with van der Waals surface area (Å²) in [5.41, 5.74) is 1.49. The first-order valence-electron chi connectivity index (χ1n) is 11.8. The van der Waals surface area contributed by atoms with E-state index in [2.05, 4.69) is 5.32 Å². The molecule has 0 aliphatic rings. The summed E-state index contributed by atoms with van der Waals surface area (Å²) in [6.45, 7) is 4.89. The number of carbonyl (C=O) groups excluding carboxylic acids is 2. The molecule has 1 atom stereocenters. The lowest BCUT2D eigenvalue weighted by Crippen LogP contribution is -2.51. The molecule has 202 valence electrons. The Morgan fingerprint density at radius 1 is 0.947 bits per heavy atom. The fourth-order valence-electron chi connectivity index (χ4n) is 3.82. The van der Waals surface area contributed by atoms with Crippen molar-refractivity contribution in [3.05, 3.63) is 92.9 Å². The van der Waals surface area contributed by atoms with E-state index >= 15 is 0 Å². The van der Waals surface area contributed by atoms with Crippen LogP contribution in [0.2, 0.25) is 15.1 Å². The van der Waals surface area contributed by atoms with Crippen LogP contribution in [0.5, 0.6) is 0 Å². The minimum absolute atomic E-state index is 0.00176. The molecule has 38 heavy (non-hydrogen) atoms. The van der Waals surface area contributed by atoms with Crippen molar-refractivity contribution in [1.29, 1.82) is 0 Å². The molecule has 0 saturated carbocycles. The summed E-state index contributed by atoms with van der Waals surface area (Å²) in [5.74, 6) is -0.967. The first kappa shape index (κ1) is 29.8. The zero-order valence-corrected chi connectivity index (χ0v) is 24.2. The maximum Gasteiger partial charge on any atom is 0.264 e. The standard InChI is InChI=1S/C27H28Cl3N3O4S/c1-4-31-27(35)19(3)32(16-20-11-13-23(29)24(30)14-20)26(34)17-33(25-15-21(28)12-10-18(25)2)38(36,37)22-8-6-5-7-9-22/h5-15,19H,4,16-17H2,1-3H3,(H,31,35)/t19-/m1/s1. The molecule has 2 amide bonds. The molecule has 11 heteroatoms. The normalized spacial score (nSPS) is 12.1. The van der Waals surface area contributed by atoms with E-state index < -0.39 is 28.5 Å². The summed E-state index contributed by atoms with van der Waals surface area (Å²) in [5, 5.41) is 3.67. The first-order chi connectivity index (χ1) is 17.9. The second-order valence-corrected chi connectivity index (χ2v) is 11.7. The van der Waals surface area contributed by atoms with Crippen LogP contribution in [0.25, 0.3) is 0 Å². The number of carbonyl (C=O) groups is 2. The van der Waals surface area contributed by atoms with Crippen LogP contribution in [0.3, 0.4) is 0 Å². The minimum Gasteiger partial charge on any atom is -0.355 e. The fraction of sp³-hybridized carbons (Fsp3) is 0.259. The SMILES string of the molecule is CCNC(=O)[C@@H](C)N(Cc1ccc(Cl)c(Cl)c1)C(=O)CN(c1cc(Cl)ccc1C)S(=O)(=O)c1ccccc1. The van der Waals surface area contributed by atoms with Gasteiger partial charge in [-0.05, 0) is 68.3 Å². The number of sulfonamides is 1. The van der Waals surface area contributed by atoms with Gasteiger partial charge in [0.2, 0.25) is 11.8 Å². The van der Waals surface area contributed by atoms with Gasteiger partial charge in [-0.25, -0.2) is 8.42 Å². The summed E-state index contributed by atoms with van der Waals surface area (Å²) < 4.78 is 28.6. The molecule has 0 aliphatic heterocycles. The van der Waals surface area contributed by atoms with Gasteiger partial charge < -0.3 is 10.2 Å². The molecule has 0 heterocycles. The summed E-state index contributed by atoms with van der Waals surface area (Å²) in [7, 11) is -4.18. The third-order valence-electron chi connectivity index (χ3n) is 5.91. The Morgan fingerprint density at radius 3 is 2.26 bits per heavy atom. The molecule has 1 N–H and O–H groups in total. The smallest absolute Gasteiger partial charge is 0.264 e. The Labute approximate surface area is 238 Å². The van der Waals surface area contributed by atoms with Crippen LogP contribution in [-0.2, 0) is 26.2 Å². The van der Waals surface area contributed by atoms with E-state index in [1.54, 1.807) is 69.3 Å². The Bertz CT molecular complexity index is 1420. The van der Waals surface area contributed by atoms with Crippen LogP contribution in [0, 0.1) is 6.92 Å². The van der Waals surface area contributed by atoms with Crippen LogP contribution in [0.4, 0.5) is 5.69 Å². The third kappa shape index (κ3) is 6.99. The number of nitrogens with zero attached hydrogens (tertiary/aromatic N) is 2. The number of hydrogen-bond donors (Lipinski definition) is 1. The van der Waals surface area contributed by atoms with Crippen molar-refractivity contribution in [2.24, 2.45) is 0 Å². The van der Waals surface area contributed by atoms with Crippen LogP contribution in [0.15, 0.2) is 71.6 Å².